The van der Waals surface area contributed by atoms with Gasteiger partial charge < -0.3 is 15.2 Å². The molecule has 1 fully saturated rings. The third kappa shape index (κ3) is 7.67. The number of methoxy groups -OCH3 is 1. The van der Waals surface area contributed by atoms with E-state index in [4.69, 9.17) is 33.0 Å². The summed E-state index contributed by atoms with van der Waals surface area (Å²) in [6.07, 6.45) is 4.56. The van der Waals surface area contributed by atoms with Crippen LogP contribution < -0.4 is 14.8 Å². The highest BCUT2D eigenvalue weighted by molar-refractivity contribution is 7.96. The molecule has 0 bridgehead atoms. The van der Waals surface area contributed by atoms with E-state index in [9.17, 15) is 9.90 Å². The van der Waals surface area contributed by atoms with Gasteiger partial charge in [0.15, 0.2) is 0 Å². The normalized spacial score (nSPS) is 15.0. The lowest BCUT2D eigenvalue weighted by Crippen LogP contribution is -2.23. The molecule has 2 heterocycles. The molecule has 1 atom stereocenters. The molecule has 3 N–H and O–H groups in total. The Balaban J connectivity index is 1.22. The summed E-state index contributed by atoms with van der Waals surface area (Å²) < 4.78 is 10.9. The number of carboxylic acids is 1. The molecule has 0 radical (unpaired) electrons. The first-order valence-corrected chi connectivity index (χ1v) is 17.9. The van der Waals surface area contributed by atoms with Crippen molar-refractivity contribution in [3.8, 4) is 28.0 Å². The Morgan fingerprint density at radius 2 is 1.77 bits per heavy atom. The second kappa shape index (κ2) is 15.8. The number of ether oxygens (including phenoxy) is 1. The SMILES string of the molecule is COc1cc(Cn2ncc3c(-c4cccc(-c5ccc(CNCCNSC)cc5)c4Cl)cccc32)c(Cl)cc1CN1CC[C@@H](C(=O)O)C1. The van der Waals surface area contributed by atoms with E-state index >= 15 is 0 Å². The molecule has 1 aliphatic rings. The Morgan fingerprint density at radius 1 is 1.00 bits per heavy atom. The lowest BCUT2D eigenvalue weighted by molar-refractivity contribution is -0.141. The van der Waals surface area contributed by atoms with Crippen LogP contribution in [0.15, 0.2) is 79.0 Å². The van der Waals surface area contributed by atoms with Gasteiger partial charge in [0.1, 0.15) is 5.75 Å². The van der Waals surface area contributed by atoms with Gasteiger partial charge in [-0.05, 0) is 59.7 Å². The maximum Gasteiger partial charge on any atom is 0.307 e. The van der Waals surface area contributed by atoms with E-state index in [1.54, 1.807) is 19.1 Å². The minimum atomic E-state index is -0.744. The second-order valence-corrected chi connectivity index (χ2v) is 13.5. The first kappa shape index (κ1) is 34.3. The van der Waals surface area contributed by atoms with Crippen LogP contribution in [0.2, 0.25) is 10.0 Å². The first-order valence-electron chi connectivity index (χ1n) is 16.0. The lowest BCUT2D eigenvalue weighted by Gasteiger charge is -2.19. The van der Waals surface area contributed by atoms with Gasteiger partial charge in [0.25, 0.3) is 0 Å². The van der Waals surface area contributed by atoms with Gasteiger partial charge in [-0.15, -0.1) is 0 Å². The smallest absolute Gasteiger partial charge is 0.307 e. The number of hydrogen-bond donors (Lipinski definition) is 3. The molecule has 1 aliphatic heterocycles. The largest absolute Gasteiger partial charge is 0.496 e. The average Bonchev–Trinajstić information content (AvgIpc) is 3.74. The number of aromatic nitrogens is 2. The molecule has 5 aromatic rings. The number of fused-ring (bicyclic) bond motifs is 1. The maximum absolute atomic E-state index is 11.4. The molecule has 48 heavy (non-hydrogen) atoms. The fourth-order valence-electron chi connectivity index (χ4n) is 6.36. The Kier molecular flexibility index (Phi) is 11.3. The van der Waals surface area contributed by atoms with Crippen LogP contribution in [0.1, 0.15) is 23.1 Å². The van der Waals surface area contributed by atoms with Crippen LogP contribution in [0.25, 0.3) is 33.2 Å². The van der Waals surface area contributed by atoms with E-state index in [0.717, 1.165) is 76.2 Å². The standard InChI is InChI=1S/C37H39Cl2N5O3S/c1-47-35-18-27(33(38)17-28(35)22-43-16-13-26(21-43)37(45)46)23-44-34-8-4-6-30(32(34)20-41-44)31-7-3-5-29(36(31)39)25-11-9-24(10-12-25)19-40-14-15-42-48-2/h3-12,17-18,20,26,40,42H,13-16,19,21-23H2,1-2H3,(H,45,46)/t26-/m1/s1. The number of carbonyl (C=O) groups is 1. The highest BCUT2D eigenvalue weighted by Gasteiger charge is 2.28. The molecule has 1 aromatic heterocycles. The summed E-state index contributed by atoms with van der Waals surface area (Å²) in [5.74, 6) is -0.355. The summed E-state index contributed by atoms with van der Waals surface area (Å²) in [4.78, 5) is 13.6. The fourth-order valence-corrected chi connectivity index (χ4v) is 7.24. The fraction of sp³-hybridized carbons (Fsp3) is 0.297. The van der Waals surface area contributed by atoms with Crippen molar-refractivity contribution in [2.45, 2.75) is 26.1 Å². The van der Waals surface area contributed by atoms with E-state index in [1.807, 2.05) is 41.4 Å². The Hall–Kier alpha value is -3.57. The van der Waals surface area contributed by atoms with Gasteiger partial charge in [-0.1, -0.05) is 89.7 Å². The van der Waals surface area contributed by atoms with Gasteiger partial charge in [0.05, 0.1) is 36.3 Å². The third-order valence-corrected chi connectivity index (χ3v) is 10.2. The Labute approximate surface area is 295 Å². The van der Waals surface area contributed by atoms with Crippen molar-refractivity contribution >= 4 is 52.0 Å². The van der Waals surface area contributed by atoms with Gasteiger partial charge >= 0.3 is 5.97 Å². The minimum absolute atomic E-state index is 0.335. The molecule has 250 valence electrons. The Morgan fingerprint density at radius 3 is 2.52 bits per heavy atom. The van der Waals surface area contributed by atoms with Crippen LogP contribution in [0.4, 0.5) is 0 Å². The summed E-state index contributed by atoms with van der Waals surface area (Å²) in [7, 11) is 1.65. The van der Waals surface area contributed by atoms with E-state index in [-0.39, 0.29) is 5.92 Å². The number of benzene rings is 4. The zero-order valence-corrected chi connectivity index (χ0v) is 29.3. The molecule has 0 amide bonds. The number of hydrogen-bond acceptors (Lipinski definition) is 7. The van der Waals surface area contributed by atoms with Gasteiger partial charge in [0.2, 0.25) is 0 Å². The maximum atomic E-state index is 11.4. The van der Waals surface area contributed by atoms with Crippen LogP contribution >= 0.6 is 35.1 Å². The lowest BCUT2D eigenvalue weighted by atomic mass is 9.96. The summed E-state index contributed by atoms with van der Waals surface area (Å²) in [5, 5.41) is 19.9. The van der Waals surface area contributed by atoms with Gasteiger partial charge in [-0.2, -0.15) is 5.10 Å². The number of nitrogens with zero attached hydrogens (tertiary/aromatic N) is 3. The molecule has 11 heteroatoms. The highest BCUT2D eigenvalue weighted by atomic mass is 35.5. The van der Waals surface area contributed by atoms with Crippen LogP contribution in [0.3, 0.4) is 0 Å². The molecule has 0 spiro atoms. The summed E-state index contributed by atoms with van der Waals surface area (Å²) in [6.45, 7) is 4.92. The number of aliphatic carboxylic acids is 1. The highest BCUT2D eigenvalue weighted by Crippen LogP contribution is 2.39. The van der Waals surface area contributed by atoms with E-state index < -0.39 is 5.97 Å². The van der Waals surface area contributed by atoms with Crippen molar-refractivity contribution in [3.05, 3.63) is 106 Å². The molecular weight excluding hydrogens is 665 g/mol. The van der Waals surface area contributed by atoms with Gasteiger partial charge in [0, 0.05) is 59.8 Å². The molecule has 1 saturated heterocycles. The second-order valence-electron chi connectivity index (χ2n) is 12.0. The third-order valence-electron chi connectivity index (χ3n) is 8.90. The van der Waals surface area contributed by atoms with Crippen LogP contribution in [0, 0.1) is 5.92 Å². The number of nitrogens with one attached hydrogen (secondary N) is 2. The summed E-state index contributed by atoms with van der Waals surface area (Å²) in [6, 6.07) is 24.8. The quantitative estimate of drug-likeness (QED) is 0.0805. The van der Waals surface area contributed by atoms with Crippen molar-refractivity contribution < 1.29 is 14.6 Å². The molecule has 6 rings (SSSR count). The van der Waals surface area contributed by atoms with Crippen LogP contribution in [-0.2, 0) is 24.4 Å². The van der Waals surface area contributed by atoms with Crippen LogP contribution in [-0.4, -0.2) is 65.3 Å². The molecule has 0 aliphatic carbocycles. The van der Waals surface area contributed by atoms with E-state index in [0.29, 0.717) is 36.1 Å². The van der Waals surface area contributed by atoms with Gasteiger partial charge in [-0.25, -0.2) is 0 Å². The zero-order chi connectivity index (χ0) is 33.6. The van der Waals surface area contributed by atoms with E-state index in [2.05, 4.69) is 63.5 Å². The predicted octanol–water partition coefficient (Wildman–Crippen LogP) is 7.60. The minimum Gasteiger partial charge on any atom is -0.496 e. The number of carboxylic acid groups (broad SMARTS) is 1. The number of halogens is 2. The molecule has 4 aromatic carbocycles. The molecular formula is C37H39Cl2N5O3S. The first-order chi connectivity index (χ1) is 23.4. The number of likely N-dealkylation sites (tertiary alicyclic amines) is 1. The predicted molar refractivity (Wildman–Crippen MR) is 197 cm³/mol. The number of rotatable bonds is 14. The van der Waals surface area contributed by atoms with Crippen LogP contribution in [0.5, 0.6) is 5.75 Å². The summed E-state index contributed by atoms with van der Waals surface area (Å²) >= 11 is 15.6. The van der Waals surface area contributed by atoms with Crippen molar-refractivity contribution in [1.29, 1.82) is 0 Å². The van der Waals surface area contributed by atoms with E-state index in [1.165, 1.54) is 5.56 Å². The topological polar surface area (TPSA) is 91.7 Å². The summed E-state index contributed by atoms with van der Waals surface area (Å²) in [5.41, 5.74) is 8.01. The Bertz CT molecular complexity index is 1900. The van der Waals surface area contributed by atoms with Gasteiger partial charge in [-0.3, -0.25) is 19.1 Å². The molecule has 0 unspecified atom stereocenters. The van der Waals surface area contributed by atoms with Crippen molar-refractivity contribution in [1.82, 2.24) is 24.7 Å². The molecule has 0 saturated carbocycles. The molecule has 8 nitrogen and oxygen atoms in total. The monoisotopic (exact) mass is 703 g/mol. The van der Waals surface area contributed by atoms with Crippen molar-refractivity contribution in [2.75, 3.05) is 39.5 Å². The average molecular weight is 705 g/mol. The zero-order valence-electron chi connectivity index (χ0n) is 27.0. The van der Waals surface area contributed by atoms with Crippen molar-refractivity contribution in [3.63, 3.8) is 0 Å². The van der Waals surface area contributed by atoms with Crippen molar-refractivity contribution in [2.24, 2.45) is 5.92 Å².